The fourth-order valence-electron chi connectivity index (χ4n) is 2.80. The molecule has 0 aliphatic carbocycles. The Hall–Kier alpha value is -2.06. The molecule has 8 heteroatoms. The summed E-state index contributed by atoms with van der Waals surface area (Å²) in [5, 5.41) is 15.9. The Labute approximate surface area is 154 Å². The number of aliphatic hydroxyl groups is 1. The number of carbonyl (C=O) groups excluding carboxylic acids is 1. The van der Waals surface area contributed by atoms with Crippen molar-refractivity contribution in [1.29, 1.82) is 0 Å². The number of rotatable bonds is 9. The lowest BCUT2D eigenvalue weighted by atomic mass is 9.84. The van der Waals surface area contributed by atoms with Crippen LogP contribution < -0.4 is 10.6 Å². The van der Waals surface area contributed by atoms with E-state index in [4.69, 9.17) is 9.15 Å². The largest absolute Gasteiger partial charge is 0.469 e. The Morgan fingerprint density at radius 3 is 2.88 bits per heavy atom. The second-order valence-electron chi connectivity index (χ2n) is 6.84. The van der Waals surface area contributed by atoms with E-state index in [-0.39, 0.29) is 24.5 Å². The van der Waals surface area contributed by atoms with Crippen molar-refractivity contribution < 1.29 is 19.1 Å². The molecule has 0 aromatic carbocycles. The third-order valence-corrected chi connectivity index (χ3v) is 4.57. The summed E-state index contributed by atoms with van der Waals surface area (Å²) in [5.74, 6) is 1.41. The van der Waals surface area contributed by atoms with Gasteiger partial charge < -0.3 is 29.8 Å². The third-order valence-electron chi connectivity index (χ3n) is 4.57. The monoisotopic (exact) mass is 366 g/mol. The van der Waals surface area contributed by atoms with E-state index in [2.05, 4.69) is 15.6 Å². The van der Waals surface area contributed by atoms with Crippen molar-refractivity contribution in [3.05, 3.63) is 24.2 Å². The Morgan fingerprint density at radius 2 is 2.27 bits per heavy atom. The fraction of sp³-hybridized carbons (Fsp3) is 0.667. The molecular formula is C18H30N4O4. The van der Waals surface area contributed by atoms with E-state index in [9.17, 15) is 9.90 Å². The van der Waals surface area contributed by atoms with Gasteiger partial charge in [-0.05, 0) is 25.0 Å². The number of hydrogen-bond donors (Lipinski definition) is 3. The van der Waals surface area contributed by atoms with E-state index >= 15 is 0 Å². The van der Waals surface area contributed by atoms with Crippen LogP contribution in [0.3, 0.4) is 0 Å². The van der Waals surface area contributed by atoms with Gasteiger partial charge in [0, 0.05) is 52.2 Å². The summed E-state index contributed by atoms with van der Waals surface area (Å²) < 4.78 is 10.8. The zero-order chi connectivity index (χ0) is 18.8. The summed E-state index contributed by atoms with van der Waals surface area (Å²) in [6, 6.07) is 3.78. The van der Waals surface area contributed by atoms with Gasteiger partial charge in [-0.2, -0.15) is 0 Å². The van der Waals surface area contributed by atoms with Gasteiger partial charge in [0.05, 0.1) is 12.9 Å². The van der Waals surface area contributed by atoms with E-state index in [1.165, 1.54) is 4.90 Å². The van der Waals surface area contributed by atoms with Crippen molar-refractivity contribution in [3.63, 3.8) is 0 Å². The number of ether oxygens (including phenoxy) is 1. The highest BCUT2D eigenvalue weighted by atomic mass is 16.5. The van der Waals surface area contributed by atoms with Crippen LogP contribution >= 0.6 is 0 Å². The van der Waals surface area contributed by atoms with Crippen molar-refractivity contribution in [2.45, 2.75) is 19.3 Å². The minimum Gasteiger partial charge on any atom is -0.469 e. The average Bonchev–Trinajstić information content (AvgIpc) is 3.29. The number of aliphatic imine (C=N–C) groups is 1. The van der Waals surface area contributed by atoms with Gasteiger partial charge in [0.1, 0.15) is 12.3 Å². The highest BCUT2D eigenvalue weighted by Gasteiger charge is 2.34. The fourth-order valence-corrected chi connectivity index (χ4v) is 2.80. The van der Waals surface area contributed by atoms with Crippen molar-refractivity contribution in [2.75, 3.05) is 53.6 Å². The molecule has 26 heavy (non-hydrogen) atoms. The Bertz CT molecular complexity index is 566. The molecule has 1 aromatic heterocycles. The molecule has 8 nitrogen and oxygen atoms in total. The molecule has 0 bridgehead atoms. The molecular weight excluding hydrogens is 336 g/mol. The van der Waals surface area contributed by atoms with Crippen LogP contribution in [0, 0.1) is 5.41 Å². The molecule has 0 spiro atoms. The minimum absolute atomic E-state index is 0.0635. The molecule has 2 heterocycles. The Morgan fingerprint density at radius 1 is 1.42 bits per heavy atom. The zero-order valence-corrected chi connectivity index (χ0v) is 15.7. The maximum absolute atomic E-state index is 11.8. The topological polar surface area (TPSA) is 99.3 Å². The number of furan rings is 1. The van der Waals surface area contributed by atoms with E-state index in [1.807, 2.05) is 12.1 Å². The molecule has 1 saturated heterocycles. The van der Waals surface area contributed by atoms with Gasteiger partial charge in [-0.25, -0.2) is 4.99 Å². The normalized spacial score (nSPS) is 20.2. The van der Waals surface area contributed by atoms with Crippen molar-refractivity contribution in [3.8, 4) is 0 Å². The Kier molecular flexibility index (Phi) is 7.93. The van der Waals surface area contributed by atoms with Gasteiger partial charge in [0.25, 0.3) is 0 Å². The highest BCUT2D eigenvalue weighted by Crippen LogP contribution is 2.31. The maximum Gasteiger partial charge on any atom is 0.243 e. The van der Waals surface area contributed by atoms with Gasteiger partial charge >= 0.3 is 0 Å². The summed E-state index contributed by atoms with van der Waals surface area (Å²) in [4.78, 5) is 17.7. The average molecular weight is 366 g/mol. The second kappa shape index (κ2) is 10.2. The summed E-state index contributed by atoms with van der Waals surface area (Å²) in [6.45, 7) is 2.81. The van der Waals surface area contributed by atoms with Crippen LogP contribution in [-0.4, -0.2) is 75.4 Å². The molecule has 1 aliphatic heterocycles. The molecule has 146 valence electrons. The molecule has 1 amide bonds. The van der Waals surface area contributed by atoms with Crippen LogP contribution in [0.15, 0.2) is 27.8 Å². The highest BCUT2D eigenvalue weighted by molar-refractivity contribution is 5.84. The van der Waals surface area contributed by atoms with Crippen LogP contribution in [-0.2, 0) is 16.0 Å². The van der Waals surface area contributed by atoms with E-state index in [0.717, 1.165) is 18.6 Å². The van der Waals surface area contributed by atoms with Crippen LogP contribution in [0.5, 0.6) is 0 Å². The molecule has 1 aliphatic rings. The molecule has 0 saturated carbocycles. The lowest BCUT2D eigenvalue weighted by Gasteiger charge is -2.27. The third kappa shape index (κ3) is 6.34. The van der Waals surface area contributed by atoms with Gasteiger partial charge in [0.15, 0.2) is 5.96 Å². The second-order valence-corrected chi connectivity index (χ2v) is 6.84. The van der Waals surface area contributed by atoms with Crippen molar-refractivity contribution in [2.24, 2.45) is 10.4 Å². The van der Waals surface area contributed by atoms with E-state index < -0.39 is 0 Å². The molecule has 1 fully saturated rings. The van der Waals surface area contributed by atoms with Crippen molar-refractivity contribution in [1.82, 2.24) is 15.5 Å². The number of nitrogens with zero attached hydrogens (tertiary/aromatic N) is 2. The van der Waals surface area contributed by atoms with Crippen LogP contribution in [0.1, 0.15) is 18.6 Å². The summed E-state index contributed by atoms with van der Waals surface area (Å²) in [5.41, 5.74) is -0.0935. The molecule has 0 radical (unpaired) electrons. The lowest BCUT2D eigenvalue weighted by Crippen LogP contribution is -2.45. The number of nitrogens with one attached hydrogen (secondary N) is 2. The standard InChI is InChI=1S/C18H30N4O4/c1-22(2)16(24)12-20-17(19-8-5-15-4-3-10-26-15)21-13-18(6-9-23)7-11-25-14-18/h3-4,10,23H,5-9,11-14H2,1-2H3,(H2,19,20,21). The van der Waals surface area contributed by atoms with Gasteiger partial charge in [-0.3, -0.25) is 4.79 Å². The van der Waals surface area contributed by atoms with E-state index in [1.54, 1.807) is 20.4 Å². The minimum atomic E-state index is -0.0935. The van der Waals surface area contributed by atoms with Crippen molar-refractivity contribution >= 4 is 11.9 Å². The van der Waals surface area contributed by atoms with Gasteiger partial charge in [-0.15, -0.1) is 0 Å². The summed E-state index contributed by atoms with van der Waals surface area (Å²) >= 11 is 0. The number of hydrogen-bond acceptors (Lipinski definition) is 5. The van der Waals surface area contributed by atoms with E-state index in [0.29, 0.717) is 38.7 Å². The number of carbonyl (C=O) groups is 1. The summed E-state index contributed by atoms with van der Waals surface area (Å²) in [7, 11) is 3.42. The van der Waals surface area contributed by atoms with Gasteiger partial charge in [0.2, 0.25) is 5.91 Å². The quantitative estimate of drug-likeness (QED) is 0.428. The maximum atomic E-state index is 11.8. The first-order valence-corrected chi connectivity index (χ1v) is 8.98. The first kappa shape index (κ1) is 20.3. The molecule has 1 unspecified atom stereocenters. The molecule has 1 atom stereocenters. The molecule has 3 N–H and O–H groups in total. The van der Waals surface area contributed by atoms with Crippen LogP contribution in [0.2, 0.25) is 0 Å². The lowest BCUT2D eigenvalue weighted by molar-refractivity contribution is -0.127. The van der Waals surface area contributed by atoms with Crippen LogP contribution in [0.25, 0.3) is 0 Å². The predicted molar refractivity (Wildman–Crippen MR) is 99.0 cm³/mol. The smallest absolute Gasteiger partial charge is 0.243 e. The number of likely N-dealkylation sites (N-methyl/N-ethyl adjacent to an activating group) is 1. The number of amides is 1. The first-order valence-electron chi connectivity index (χ1n) is 8.98. The SMILES string of the molecule is CN(C)C(=O)CN=C(NCCc1ccco1)NCC1(CCO)CCOC1. The number of aliphatic hydroxyl groups excluding tert-OH is 1. The summed E-state index contributed by atoms with van der Waals surface area (Å²) in [6.07, 6.45) is 3.95. The van der Waals surface area contributed by atoms with Crippen LogP contribution in [0.4, 0.5) is 0 Å². The predicted octanol–water partition coefficient (Wildman–Crippen LogP) is 0.235. The zero-order valence-electron chi connectivity index (χ0n) is 15.7. The van der Waals surface area contributed by atoms with Gasteiger partial charge in [-0.1, -0.05) is 0 Å². The Balaban J connectivity index is 1.92. The molecule has 2 rings (SSSR count). The molecule has 1 aromatic rings. The first-order chi connectivity index (χ1) is 12.5. The number of guanidine groups is 1.